The van der Waals surface area contributed by atoms with E-state index < -0.39 is 0 Å². The van der Waals surface area contributed by atoms with E-state index >= 15 is 0 Å². The summed E-state index contributed by atoms with van der Waals surface area (Å²) in [6.07, 6.45) is 3.27. The van der Waals surface area contributed by atoms with E-state index in [0.29, 0.717) is 37.4 Å². The average molecular weight is 378 g/mol. The Kier molecular flexibility index (Phi) is 4.89. The first-order valence-corrected chi connectivity index (χ1v) is 9.06. The second-order valence-corrected chi connectivity index (χ2v) is 6.57. The van der Waals surface area contributed by atoms with Crippen LogP contribution in [-0.2, 0) is 0 Å². The van der Waals surface area contributed by atoms with Crippen LogP contribution >= 0.6 is 0 Å². The van der Waals surface area contributed by atoms with E-state index in [1.807, 2.05) is 18.2 Å². The number of carbonyl (C=O) groups is 1. The van der Waals surface area contributed by atoms with Crippen molar-refractivity contribution in [3.05, 3.63) is 88.7 Å². The second-order valence-electron chi connectivity index (χ2n) is 6.57. The molecule has 1 fully saturated rings. The van der Waals surface area contributed by atoms with Crippen LogP contribution in [0.3, 0.4) is 0 Å². The van der Waals surface area contributed by atoms with Crippen molar-refractivity contribution in [1.82, 2.24) is 14.5 Å². The lowest BCUT2D eigenvalue weighted by Crippen LogP contribution is -2.49. The number of benzene rings is 1. The number of nitrogens with zero attached hydrogens (tertiary/aromatic N) is 4. The summed E-state index contributed by atoms with van der Waals surface area (Å²) in [6.45, 7) is 2.54. The Morgan fingerprint density at radius 3 is 2.36 bits per heavy atom. The van der Waals surface area contributed by atoms with Gasteiger partial charge in [0.1, 0.15) is 11.6 Å². The Labute approximate surface area is 161 Å². The molecular weight excluding hydrogens is 359 g/mol. The molecule has 1 aliphatic heterocycles. The molecule has 7 heteroatoms. The fourth-order valence-corrected chi connectivity index (χ4v) is 3.28. The van der Waals surface area contributed by atoms with Gasteiger partial charge in [0.15, 0.2) is 0 Å². The summed E-state index contributed by atoms with van der Waals surface area (Å²) in [5.74, 6) is 0.394. The van der Waals surface area contributed by atoms with Gasteiger partial charge in [0.2, 0.25) is 0 Å². The topological polar surface area (TPSA) is 58.4 Å². The number of rotatable bonds is 3. The Hall–Kier alpha value is -3.48. The van der Waals surface area contributed by atoms with Crippen molar-refractivity contribution in [2.75, 3.05) is 31.1 Å². The Morgan fingerprint density at radius 2 is 1.68 bits per heavy atom. The average Bonchev–Trinajstić information content (AvgIpc) is 2.75. The van der Waals surface area contributed by atoms with Gasteiger partial charge in [0.25, 0.3) is 11.5 Å². The van der Waals surface area contributed by atoms with Gasteiger partial charge in [-0.05, 0) is 42.5 Å². The number of piperazine rings is 1. The second kappa shape index (κ2) is 7.64. The van der Waals surface area contributed by atoms with Crippen LogP contribution in [0.5, 0.6) is 0 Å². The van der Waals surface area contributed by atoms with E-state index in [-0.39, 0.29) is 17.3 Å². The molecule has 4 rings (SSSR count). The maximum absolute atomic E-state index is 13.2. The van der Waals surface area contributed by atoms with Gasteiger partial charge < -0.3 is 9.80 Å². The van der Waals surface area contributed by atoms with E-state index in [4.69, 9.17) is 0 Å². The summed E-state index contributed by atoms with van der Waals surface area (Å²) in [5, 5.41) is 0. The predicted octanol–water partition coefficient (Wildman–Crippen LogP) is 2.33. The lowest BCUT2D eigenvalue weighted by atomic mass is 10.2. The van der Waals surface area contributed by atoms with Crippen molar-refractivity contribution in [2.24, 2.45) is 0 Å². The number of hydrogen-bond donors (Lipinski definition) is 0. The number of anilines is 1. The van der Waals surface area contributed by atoms with Crippen molar-refractivity contribution < 1.29 is 9.18 Å². The zero-order chi connectivity index (χ0) is 19.5. The number of amides is 1. The molecule has 0 N–H and O–H groups in total. The van der Waals surface area contributed by atoms with Crippen LogP contribution in [0.1, 0.15) is 10.4 Å². The molecule has 1 aromatic carbocycles. The molecule has 0 bridgehead atoms. The third-order valence-electron chi connectivity index (χ3n) is 4.80. The Balaban J connectivity index is 1.50. The molecule has 0 unspecified atom stereocenters. The molecule has 0 saturated carbocycles. The summed E-state index contributed by atoms with van der Waals surface area (Å²) in [6, 6.07) is 14.3. The fourth-order valence-electron chi connectivity index (χ4n) is 3.28. The highest BCUT2D eigenvalue weighted by atomic mass is 19.1. The minimum absolute atomic E-state index is 0.128. The van der Waals surface area contributed by atoms with Gasteiger partial charge in [-0.1, -0.05) is 6.07 Å². The van der Waals surface area contributed by atoms with Crippen LogP contribution in [0, 0.1) is 5.82 Å². The van der Waals surface area contributed by atoms with Crippen molar-refractivity contribution in [3.63, 3.8) is 0 Å². The third kappa shape index (κ3) is 3.64. The highest BCUT2D eigenvalue weighted by Crippen LogP contribution is 2.15. The molecule has 3 aromatic rings. The van der Waals surface area contributed by atoms with Crippen LogP contribution < -0.4 is 10.5 Å². The smallest absolute Gasteiger partial charge is 0.255 e. The quantitative estimate of drug-likeness (QED) is 0.702. The highest BCUT2D eigenvalue weighted by molar-refractivity contribution is 5.94. The zero-order valence-corrected chi connectivity index (χ0v) is 15.2. The van der Waals surface area contributed by atoms with Crippen LogP contribution in [0.2, 0.25) is 0 Å². The van der Waals surface area contributed by atoms with Crippen molar-refractivity contribution in [2.45, 2.75) is 0 Å². The summed E-state index contributed by atoms with van der Waals surface area (Å²) >= 11 is 0. The number of carbonyl (C=O) groups excluding carboxylic acids is 1. The standard InChI is InChI=1S/C21H19FN4O2/c22-17-5-7-18(8-6-17)26-15-16(4-9-20(26)27)21(28)25-13-11-24(12-14-25)19-3-1-2-10-23-19/h1-10,15H,11-14H2. The molecule has 6 nitrogen and oxygen atoms in total. The summed E-state index contributed by atoms with van der Waals surface area (Å²) in [5.41, 5.74) is 0.666. The molecule has 0 aliphatic carbocycles. The number of hydrogen-bond acceptors (Lipinski definition) is 4. The number of halogens is 1. The molecule has 28 heavy (non-hydrogen) atoms. The lowest BCUT2D eigenvalue weighted by Gasteiger charge is -2.35. The molecule has 0 spiro atoms. The largest absolute Gasteiger partial charge is 0.353 e. The molecule has 1 aliphatic rings. The van der Waals surface area contributed by atoms with Gasteiger partial charge >= 0.3 is 0 Å². The molecule has 1 saturated heterocycles. The predicted molar refractivity (Wildman–Crippen MR) is 104 cm³/mol. The summed E-state index contributed by atoms with van der Waals surface area (Å²) < 4.78 is 14.5. The highest BCUT2D eigenvalue weighted by Gasteiger charge is 2.23. The molecule has 0 atom stereocenters. The van der Waals surface area contributed by atoms with E-state index in [9.17, 15) is 14.0 Å². The lowest BCUT2D eigenvalue weighted by molar-refractivity contribution is 0.0746. The van der Waals surface area contributed by atoms with E-state index in [1.165, 1.54) is 47.2 Å². The Bertz CT molecular complexity index is 1030. The molecular formula is C21H19FN4O2. The van der Waals surface area contributed by atoms with Crippen LogP contribution in [0.4, 0.5) is 10.2 Å². The van der Waals surface area contributed by atoms with E-state index in [1.54, 1.807) is 11.1 Å². The fraction of sp³-hybridized carbons (Fsp3) is 0.190. The SMILES string of the molecule is O=C(c1ccc(=O)n(-c2ccc(F)cc2)c1)N1CCN(c2ccccn2)CC1. The molecule has 3 heterocycles. The first-order valence-electron chi connectivity index (χ1n) is 9.06. The minimum Gasteiger partial charge on any atom is -0.353 e. The normalized spacial score (nSPS) is 14.2. The van der Waals surface area contributed by atoms with Crippen molar-refractivity contribution in [3.8, 4) is 5.69 Å². The van der Waals surface area contributed by atoms with Gasteiger partial charge in [-0.15, -0.1) is 0 Å². The molecule has 0 radical (unpaired) electrons. The van der Waals surface area contributed by atoms with Crippen LogP contribution in [-0.4, -0.2) is 46.5 Å². The number of pyridine rings is 2. The van der Waals surface area contributed by atoms with E-state index in [2.05, 4.69) is 9.88 Å². The maximum atomic E-state index is 13.2. The van der Waals surface area contributed by atoms with Crippen molar-refractivity contribution in [1.29, 1.82) is 0 Å². The van der Waals surface area contributed by atoms with Gasteiger partial charge in [0.05, 0.1) is 5.56 Å². The molecule has 1 amide bonds. The third-order valence-corrected chi connectivity index (χ3v) is 4.80. The molecule has 142 valence electrons. The zero-order valence-electron chi connectivity index (χ0n) is 15.2. The van der Waals surface area contributed by atoms with Gasteiger partial charge in [-0.2, -0.15) is 0 Å². The minimum atomic E-state index is -0.380. The monoisotopic (exact) mass is 378 g/mol. The first kappa shape index (κ1) is 17.9. The van der Waals surface area contributed by atoms with Crippen LogP contribution in [0.15, 0.2) is 71.8 Å². The van der Waals surface area contributed by atoms with Crippen molar-refractivity contribution >= 4 is 11.7 Å². The molecule has 2 aromatic heterocycles. The Morgan fingerprint density at radius 1 is 0.929 bits per heavy atom. The summed E-state index contributed by atoms with van der Waals surface area (Å²) in [7, 11) is 0. The van der Waals surface area contributed by atoms with E-state index in [0.717, 1.165) is 5.82 Å². The summed E-state index contributed by atoms with van der Waals surface area (Å²) in [4.78, 5) is 33.4. The van der Waals surface area contributed by atoms with Gasteiger partial charge in [-0.3, -0.25) is 14.2 Å². The van der Waals surface area contributed by atoms with Gasteiger partial charge in [-0.25, -0.2) is 9.37 Å². The maximum Gasteiger partial charge on any atom is 0.255 e. The number of aromatic nitrogens is 2. The van der Waals surface area contributed by atoms with Gasteiger partial charge in [0, 0.05) is 50.3 Å². The van der Waals surface area contributed by atoms with Crippen LogP contribution in [0.25, 0.3) is 5.69 Å². The first-order chi connectivity index (χ1) is 13.6.